The minimum Gasteiger partial charge on any atom is -0.323 e. The van der Waals surface area contributed by atoms with Gasteiger partial charge >= 0.3 is 0 Å². The predicted octanol–water partition coefficient (Wildman–Crippen LogP) is 3.57. The van der Waals surface area contributed by atoms with Crippen molar-refractivity contribution < 1.29 is 0 Å². The van der Waals surface area contributed by atoms with E-state index in [-0.39, 0.29) is 6.04 Å². The van der Waals surface area contributed by atoms with Crippen LogP contribution in [0.25, 0.3) is 5.69 Å². The van der Waals surface area contributed by atoms with Crippen LogP contribution in [-0.2, 0) is 0 Å². The normalized spacial score (nSPS) is 12.9. The highest BCUT2D eigenvalue weighted by molar-refractivity contribution is 6.32. The highest BCUT2D eigenvalue weighted by Crippen LogP contribution is 2.25. The number of nitrogens with two attached hydrogens (primary N) is 1. The Kier molecular flexibility index (Phi) is 4.04. The molecule has 2 rings (SSSR count). The smallest absolute Gasteiger partial charge is 0.0995 e. The van der Waals surface area contributed by atoms with Gasteiger partial charge in [-0.05, 0) is 24.5 Å². The second kappa shape index (κ2) is 5.55. The molecule has 0 bridgehead atoms. The minimum atomic E-state index is -0.0243. The van der Waals surface area contributed by atoms with Crippen LogP contribution in [0.5, 0.6) is 0 Å². The third-order valence-corrected chi connectivity index (χ3v) is 3.20. The molecule has 0 spiro atoms. The zero-order chi connectivity index (χ0) is 13.1. The number of imidazole rings is 1. The zero-order valence-electron chi connectivity index (χ0n) is 10.7. The fourth-order valence-electron chi connectivity index (χ4n) is 2.06. The highest BCUT2D eigenvalue weighted by Gasteiger charge is 2.15. The van der Waals surface area contributed by atoms with E-state index in [1.807, 2.05) is 35.0 Å². The maximum Gasteiger partial charge on any atom is 0.0995 e. The molecular formula is C14H18ClN3. The topological polar surface area (TPSA) is 43.8 Å². The van der Waals surface area contributed by atoms with E-state index in [9.17, 15) is 0 Å². The van der Waals surface area contributed by atoms with Crippen molar-refractivity contribution in [1.29, 1.82) is 0 Å². The van der Waals surface area contributed by atoms with Gasteiger partial charge in [0.1, 0.15) is 0 Å². The quantitative estimate of drug-likeness (QED) is 0.916. The van der Waals surface area contributed by atoms with Gasteiger partial charge in [0.2, 0.25) is 0 Å². The van der Waals surface area contributed by atoms with Gasteiger partial charge < -0.3 is 10.3 Å². The minimum absolute atomic E-state index is 0.0243. The molecule has 18 heavy (non-hydrogen) atoms. The monoisotopic (exact) mass is 263 g/mol. The number of para-hydroxylation sites is 1. The second-order valence-electron chi connectivity index (χ2n) is 4.88. The second-order valence-corrected chi connectivity index (χ2v) is 5.28. The maximum absolute atomic E-state index is 6.22. The Labute approximate surface area is 113 Å². The van der Waals surface area contributed by atoms with Crippen molar-refractivity contribution in [2.45, 2.75) is 26.3 Å². The van der Waals surface area contributed by atoms with E-state index >= 15 is 0 Å². The molecule has 0 saturated heterocycles. The summed E-state index contributed by atoms with van der Waals surface area (Å²) >= 11 is 6.21. The van der Waals surface area contributed by atoms with Gasteiger partial charge in [0.25, 0.3) is 0 Å². The van der Waals surface area contributed by atoms with E-state index in [0.717, 1.165) is 17.8 Å². The summed E-state index contributed by atoms with van der Waals surface area (Å²) in [6.07, 6.45) is 4.50. The van der Waals surface area contributed by atoms with Crippen LogP contribution in [0.1, 0.15) is 32.0 Å². The van der Waals surface area contributed by atoms with E-state index in [0.29, 0.717) is 10.9 Å². The fraction of sp³-hybridized carbons (Fsp3) is 0.357. The molecule has 96 valence electrons. The van der Waals surface area contributed by atoms with Crippen molar-refractivity contribution >= 4 is 11.6 Å². The summed E-state index contributed by atoms with van der Waals surface area (Å²) in [6, 6.07) is 7.68. The molecule has 2 N–H and O–H groups in total. The van der Waals surface area contributed by atoms with Gasteiger partial charge in [-0.3, -0.25) is 0 Å². The summed E-state index contributed by atoms with van der Waals surface area (Å²) in [5, 5.41) is 0.702. The Morgan fingerprint density at radius 3 is 2.72 bits per heavy atom. The molecule has 0 aliphatic heterocycles. The number of hydrogen-bond acceptors (Lipinski definition) is 2. The van der Waals surface area contributed by atoms with E-state index < -0.39 is 0 Å². The van der Waals surface area contributed by atoms with Crippen LogP contribution in [0.2, 0.25) is 5.02 Å². The summed E-state index contributed by atoms with van der Waals surface area (Å²) in [6.45, 7) is 4.33. The Hall–Kier alpha value is -1.32. The van der Waals surface area contributed by atoms with Gasteiger partial charge in [0, 0.05) is 6.04 Å². The number of hydrogen-bond donors (Lipinski definition) is 1. The molecule has 3 nitrogen and oxygen atoms in total. The molecule has 1 atom stereocenters. The van der Waals surface area contributed by atoms with Crippen LogP contribution in [0, 0.1) is 5.92 Å². The molecule has 1 aromatic heterocycles. The Bertz CT molecular complexity index is 519. The van der Waals surface area contributed by atoms with Crippen molar-refractivity contribution in [1.82, 2.24) is 9.55 Å². The zero-order valence-corrected chi connectivity index (χ0v) is 11.4. The Morgan fingerprint density at radius 1 is 1.33 bits per heavy atom. The first-order valence-electron chi connectivity index (χ1n) is 6.12. The number of benzene rings is 1. The van der Waals surface area contributed by atoms with Gasteiger partial charge in [-0.25, -0.2) is 4.98 Å². The van der Waals surface area contributed by atoms with E-state index in [4.69, 9.17) is 17.3 Å². The van der Waals surface area contributed by atoms with E-state index in [2.05, 4.69) is 18.8 Å². The molecule has 0 aliphatic rings. The molecular weight excluding hydrogens is 246 g/mol. The predicted molar refractivity (Wildman–Crippen MR) is 75.0 cm³/mol. The van der Waals surface area contributed by atoms with Crippen molar-refractivity contribution in [3.8, 4) is 5.69 Å². The lowest BCUT2D eigenvalue weighted by molar-refractivity contribution is 0.498. The van der Waals surface area contributed by atoms with Crippen molar-refractivity contribution in [3.05, 3.63) is 47.5 Å². The lowest BCUT2D eigenvalue weighted by Gasteiger charge is -2.17. The summed E-state index contributed by atoms with van der Waals surface area (Å²) in [5.74, 6) is 0.551. The Morgan fingerprint density at radius 2 is 2.06 bits per heavy atom. The van der Waals surface area contributed by atoms with Crippen molar-refractivity contribution in [2.24, 2.45) is 11.7 Å². The van der Waals surface area contributed by atoms with Crippen molar-refractivity contribution in [3.63, 3.8) is 0 Å². The molecule has 2 aromatic rings. The molecule has 0 fully saturated rings. The lowest BCUT2D eigenvalue weighted by atomic mass is 10.0. The third-order valence-electron chi connectivity index (χ3n) is 2.88. The molecule has 1 aromatic carbocycles. The Balaban J connectivity index is 2.36. The largest absolute Gasteiger partial charge is 0.323 e. The summed E-state index contributed by atoms with van der Waals surface area (Å²) in [7, 11) is 0. The van der Waals surface area contributed by atoms with Gasteiger partial charge in [0.15, 0.2) is 0 Å². The summed E-state index contributed by atoms with van der Waals surface area (Å²) < 4.78 is 1.97. The standard InChI is InChI=1S/C14H18ClN3/c1-10(2)7-12(16)14-8-17-9-18(14)13-6-4-3-5-11(13)15/h3-6,8-10,12H,7,16H2,1-2H3. The molecule has 1 heterocycles. The van der Waals surface area contributed by atoms with Gasteiger partial charge in [-0.1, -0.05) is 37.6 Å². The van der Waals surface area contributed by atoms with Gasteiger partial charge in [-0.2, -0.15) is 0 Å². The van der Waals surface area contributed by atoms with Crippen LogP contribution in [0.15, 0.2) is 36.8 Å². The molecule has 1 unspecified atom stereocenters. The van der Waals surface area contributed by atoms with Gasteiger partial charge in [-0.15, -0.1) is 0 Å². The summed E-state index contributed by atoms with van der Waals surface area (Å²) in [4.78, 5) is 4.19. The van der Waals surface area contributed by atoms with E-state index in [1.165, 1.54) is 0 Å². The number of halogens is 1. The van der Waals surface area contributed by atoms with Crippen LogP contribution in [0.3, 0.4) is 0 Å². The van der Waals surface area contributed by atoms with E-state index in [1.54, 1.807) is 6.33 Å². The average molecular weight is 264 g/mol. The SMILES string of the molecule is CC(C)CC(N)c1cncn1-c1ccccc1Cl. The number of aromatic nitrogens is 2. The van der Waals surface area contributed by atoms with Crippen LogP contribution in [0.4, 0.5) is 0 Å². The average Bonchev–Trinajstić information content (AvgIpc) is 2.77. The van der Waals surface area contributed by atoms with Crippen LogP contribution < -0.4 is 5.73 Å². The maximum atomic E-state index is 6.22. The van der Waals surface area contributed by atoms with Gasteiger partial charge in [0.05, 0.1) is 28.9 Å². The molecule has 0 amide bonds. The first-order chi connectivity index (χ1) is 8.59. The first-order valence-corrected chi connectivity index (χ1v) is 6.50. The van der Waals surface area contributed by atoms with Crippen molar-refractivity contribution in [2.75, 3.05) is 0 Å². The molecule has 4 heteroatoms. The number of nitrogens with zero attached hydrogens (tertiary/aromatic N) is 2. The lowest BCUT2D eigenvalue weighted by Crippen LogP contribution is -2.16. The van der Waals surface area contributed by atoms with Crippen LogP contribution >= 0.6 is 11.6 Å². The highest BCUT2D eigenvalue weighted by atomic mass is 35.5. The summed E-state index contributed by atoms with van der Waals surface area (Å²) in [5.41, 5.74) is 8.14. The first kappa shape index (κ1) is 13.1. The van der Waals surface area contributed by atoms with Crippen LogP contribution in [-0.4, -0.2) is 9.55 Å². The number of rotatable bonds is 4. The molecule has 0 aliphatic carbocycles. The third kappa shape index (κ3) is 2.74. The molecule has 0 radical (unpaired) electrons. The fourth-order valence-corrected chi connectivity index (χ4v) is 2.28. The molecule has 0 saturated carbocycles.